The molecule has 1 saturated heterocycles. The van der Waals surface area contributed by atoms with Gasteiger partial charge in [-0.1, -0.05) is 23.7 Å². The van der Waals surface area contributed by atoms with Crippen molar-refractivity contribution in [3.05, 3.63) is 64.2 Å². The van der Waals surface area contributed by atoms with Crippen LogP contribution in [0.1, 0.15) is 17.5 Å². The van der Waals surface area contributed by atoms with E-state index >= 15 is 0 Å². The second kappa shape index (κ2) is 8.03. The molecule has 2 aromatic rings. The molecule has 0 bridgehead atoms. The largest absolute Gasteiger partial charge is 0.363 e. The van der Waals surface area contributed by atoms with Crippen LogP contribution in [-0.4, -0.2) is 38.1 Å². The molecule has 28 heavy (non-hydrogen) atoms. The monoisotopic (exact) mass is 425 g/mol. The van der Waals surface area contributed by atoms with Crippen LogP contribution in [0.5, 0.6) is 0 Å². The van der Waals surface area contributed by atoms with E-state index < -0.39 is 21.7 Å². The van der Waals surface area contributed by atoms with E-state index in [-0.39, 0.29) is 29.7 Å². The lowest BCUT2D eigenvalue weighted by molar-refractivity contribution is 0.470. The van der Waals surface area contributed by atoms with E-state index in [2.05, 4.69) is 0 Å². The number of halogens is 3. The Morgan fingerprint density at radius 3 is 2.68 bits per heavy atom. The molecule has 0 aromatic heterocycles. The van der Waals surface area contributed by atoms with Crippen molar-refractivity contribution in [3.63, 3.8) is 0 Å². The fourth-order valence-electron chi connectivity index (χ4n) is 3.32. The number of hydrogen-bond acceptors (Lipinski definition) is 4. The molecule has 5 nitrogen and oxygen atoms in total. The molecule has 2 aromatic carbocycles. The quantitative estimate of drug-likeness (QED) is 0.735. The Morgan fingerprint density at radius 2 is 2.07 bits per heavy atom. The first-order chi connectivity index (χ1) is 13.2. The van der Waals surface area contributed by atoms with Gasteiger partial charge in [-0.05, 0) is 30.7 Å². The van der Waals surface area contributed by atoms with E-state index in [1.165, 1.54) is 16.4 Å². The number of hydrogen-bond donors (Lipinski definition) is 0. The summed E-state index contributed by atoms with van der Waals surface area (Å²) in [5.41, 5.74) is 1.05. The first kappa shape index (κ1) is 20.5. The molecule has 0 N–H and O–H groups in total. The minimum Gasteiger partial charge on any atom is -0.363 e. The van der Waals surface area contributed by atoms with Gasteiger partial charge in [-0.3, -0.25) is 0 Å². The molecule has 0 amide bonds. The van der Waals surface area contributed by atoms with Crippen LogP contribution in [-0.2, 0) is 16.6 Å². The van der Waals surface area contributed by atoms with Crippen LogP contribution >= 0.6 is 11.6 Å². The molecular weight excluding hydrogens is 408 g/mol. The Balaban J connectivity index is 1.98. The van der Waals surface area contributed by atoms with Crippen LogP contribution in [0.25, 0.3) is 0 Å². The number of nitrogens with zero attached hydrogens (tertiary/aromatic N) is 3. The predicted octanol–water partition coefficient (Wildman–Crippen LogP) is 3.53. The summed E-state index contributed by atoms with van der Waals surface area (Å²) in [6, 6.07) is 10.5. The van der Waals surface area contributed by atoms with Crippen molar-refractivity contribution in [2.75, 3.05) is 24.2 Å². The van der Waals surface area contributed by atoms with Crippen molar-refractivity contribution < 1.29 is 17.2 Å². The molecule has 0 saturated carbocycles. The van der Waals surface area contributed by atoms with Gasteiger partial charge in [0.05, 0.1) is 16.8 Å². The van der Waals surface area contributed by atoms with Gasteiger partial charge in [0.15, 0.2) is 11.6 Å². The first-order valence-electron chi connectivity index (χ1n) is 8.55. The minimum absolute atomic E-state index is 0.0358. The van der Waals surface area contributed by atoms with Gasteiger partial charge < -0.3 is 4.90 Å². The average Bonchev–Trinajstić information content (AvgIpc) is 3.13. The molecule has 1 fully saturated rings. The second-order valence-corrected chi connectivity index (χ2v) is 9.07. The molecule has 3 rings (SSSR count). The molecule has 1 atom stereocenters. The van der Waals surface area contributed by atoms with E-state index in [1.54, 1.807) is 23.1 Å². The molecule has 1 heterocycles. The van der Waals surface area contributed by atoms with Crippen LogP contribution in [0.4, 0.5) is 14.5 Å². The standard InChI is InChI=1S/C19H18ClF2N3O2S/c1-28(26,27)24-8-7-16(12-24)25(11-14-3-2-4-18(21)19(14)22)15-6-5-13(10-23)17(20)9-15/h2-6,9,16H,7-8,11-12H2,1H3/t16-/m0/s1. The Bertz CT molecular complexity index is 1040. The van der Waals surface area contributed by atoms with Gasteiger partial charge in [0.2, 0.25) is 10.0 Å². The minimum atomic E-state index is -3.35. The highest BCUT2D eigenvalue weighted by atomic mass is 35.5. The summed E-state index contributed by atoms with van der Waals surface area (Å²) in [5, 5.41) is 9.31. The number of anilines is 1. The highest BCUT2D eigenvalue weighted by Gasteiger charge is 2.33. The fraction of sp³-hybridized carbons (Fsp3) is 0.316. The average molecular weight is 426 g/mol. The molecule has 0 spiro atoms. The molecule has 1 aliphatic heterocycles. The number of benzene rings is 2. The predicted molar refractivity (Wildman–Crippen MR) is 104 cm³/mol. The second-order valence-electron chi connectivity index (χ2n) is 6.68. The summed E-state index contributed by atoms with van der Waals surface area (Å²) >= 11 is 6.15. The van der Waals surface area contributed by atoms with Gasteiger partial charge >= 0.3 is 0 Å². The van der Waals surface area contributed by atoms with Crippen molar-refractivity contribution in [1.82, 2.24) is 4.31 Å². The Kier molecular flexibility index (Phi) is 5.89. The molecule has 0 unspecified atom stereocenters. The third-order valence-electron chi connectivity index (χ3n) is 4.81. The van der Waals surface area contributed by atoms with E-state index in [0.717, 1.165) is 12.3 Å². The Morgan fingerprint density at radius 1 is 1.32 bits per heavy atom. The molecule has 9 heteroatoms. The van der Waals surface area contributed by atoms with Gasteiger partial charge in [-0.2, -0.15) is 5.26 Å². The normalized spacial score (nSPS) is 17.5. The summed E-state index contributed by atoms with van der Waals surface area (Å²) in [5.74, 6) is -1.88. The Labute approximate surface area is 167 Å². The van der Waals surface area contributed by atoms with Crippen molar-refractivity contribution in [1.29, 1.82) is 5.26 Å². The van der Waals surface area contributed by atoms with Gasteiger partial charge in [-0.25, -0.2) is 21.5 Å². The van der Waals surface area contributed by atoms with Crippen molar-refractivity contribution >= 4 is 27.3 Å². The lowest BCUT2D eigenvalue weighted by atomic mass is 10.1. The Hall–Kier alpha value is -2.21. The van der Waals surface area contributed by atoms with Gasteiger partial charge in [0.1, 0.15) is 6.07 Å². The SMILES string of the molecule is CS(=O)(=O)N1CC[C@H](N(Cc2cccc(F)c2F)c2ccc(C#N)c(Cl)c2)C1. The molecule has 148 valence electrons. The van der Waals surface area contributed by atoms with Crippen LogP contribution in [0.15, 0.2) is 36.4 Å². The summed E-state index contributed by atoms with van der Waals surface area (Å²) < 4.78 is 53.0. The van der Waals surface area contributed by atoms with Crippen LogP contribution in [0, 0.1) is 23.0 Å². The molecule has 1 aliphatic rings. The fourth-order valence-corrected chi connectivity index (χ4v) is 4.42. The number of rotatable bonds is 5. The smallest absolute Gasteiger partial charge is 0.211 e. The van der Waals surface area contributed by atoms with E-state index in [9.17, 15) is 17.2 Å². The zero-order chi connectivity index (χ0) is 20.5. The maximum Gasteiger partial charge on any atom is 0.211 e. The molecular formula is C19H18ClF2N3O2S. The van der Waals surface area contributed by atoms with Crippen LogP contribution < -0.4 is 4.90 Å². The topological polar surface area (TPSA) is 64.4 Å². The zero-order valence-electron chi connectivity index (χ0n) is 15.1. The molecule has 0 radical (unpaired) electrons. The van der Waals surface area contributed by atoms with Crippen LogP contribution in [0.3, 0.4) is 0 Å². The first-order valence-corrected chi connectivity index (χ1v) is 10.8. The van der Waals surface area contributed by atoms with E-state index in [1.807, 2.05) is 6.07 Å². The highest BCUT2D eigenvalue weighted by Crippen LogP contribution is 2.30. The maximum absolute atomic E-state index is 14.3. The van der Waals surface area contributed by atoms with Crippen molar-refractivity contribution in [3.8, 4) is 6.07 Å². The lowest BCUT2D eigenvalue weighted by Crippen LogP contribution is -2.38. The van der Waals surface area contributed by atoms with E-state index in [0.29, 0.717) is 24.2 Å². The molecule has 0 aliphatic carbocycles. The summed E-state index contributed by atoms with van der Waals surface area (Å²) in [6.45, 7) is 0.608. The zero-order valence-corrected chi connectivity index (χ0v) is 16.6. The summed E-state index contributed by atoms with van der Waals surface area (Å²) in [6.07, 6.45) is 1.67. The summed E-state index contributed by atoms with van der Waals surface area (Å²) in [7, 11) is -3.35. The van der Waals surface area contributed by atoms with E-state index in [4.69, 9.17) is 16.9 Å². The van der Waals surface area contributed by atoms with Gasteiger partial charge in [-0.15, -0.1) is 0 Å². The summed E-state index contributed by atoms with van der Waals surface area (Å²) in [4.78, 5) is 1.80. The number of sulfonamides is 1. The third kappa shape index (κ3) is 4.27. The van der Waals surface area contributed by atoms with Crippen molar-refractivity contribution in [2.24, 2.45) is 0 Å². The highest BCUT2D eigenvalue weighted by molar-refractivity contribution is 7.88. The van der Waals surface area contributed by atoms with Crippen molar-refractivity contribution in [2.45, 2.75) is 19.0 Å². The van der Waals surface area contributed by atoms with Crippen LogP contribution in [0.2, 0.25) is 5.02 Å². The van der Waals surface area contributed by atoms with Gasteiger partial charge in [0, 0.05) is 36.9 Å². The lowest BCUT2D eigenvalue weighted by Gasteiger charge is -2.31. The number of nitriles is 1. The third-order valence-corrected chi connectivity index (χ3v) is 6.40. The van der Waals surface area contributed by atoms with Gasteiger partial charge in [0.25, 0.3) is 0 Å². The maximum atomic E-state index is 14.3.